The Kier molecular flexibility index (Phi) is 4.57. The zero-order valence-corrected chi connectivity index (χ0v) is 9.31. The number of hydrogen-bond donors (Lipinski definition) is 1. The lowest BCUT2D eigenvalue weighted by atomic mass is 10.0. The molecule has 1 aromatic carbocycles. The number of rotatable bonds is 4. The van der Waals surface area contributed by atoms with Gasteiger partial charge in [0, 0.05) is 5.56 Å². The van der Waals surface area contributed by atoms with Crippen molar-refractivity contribution in [3.63, 3.8) is 0 Å². The van der Waals surface area contributed by atoms with Gasteiger partial charge < -0.3 is 14.6 Å². The highest BCUT2D eigenvalue weighted by molar-refractivity contribution is 5.93. The Labute approximate surface area is 101 Å². The molecule has 0 heterocycles. The van der Waals surface area contributed by atoms with E-state index in [9.17, 15) is 13.6 Å². The first kappa shape index (κ1) is 13.9. The minimum absolute atomic E-state index is 0.120. The number of benzene rings is 1. The minimum atomic E-state index is -3.09. The van der Waals surface area contributed by atoms with Crippen LogP contribution in [0.25, 0.3) is 0 Å². The van der Waals surface area contributed by atoms with Crippen molar-refractivity contribution in [1.82, 2.24) is 0 Å². The first-order valence-corrected chi connectivity index (χ1v) is 4.75. The molecule has 0 radical (unpaired) electrons. The van der Waals surface area contributed by atoms with E-state index in [1.165, 1.54) is 0 Å². The van der Waals surface area contributed by atoms with Crippen LogP contribution in [0, 0.1) is 11.3 Å². The number of ether oxygens (including phenoxy) is 2. The molecule has 0 saturated carbocycles. The van der Waals surface area contributed by atoms with Crippen molar-refractivity contribution < 1.29 is 28.2 Å². The Morgan fingerprint density at radius 3 is 2.67 bits per heavy atom. The van der Waals surface area contributed by atoms with Crippen molar-refractivity contribution in [2.75, 3.05) is 7.11 Å². The number of esters is 1. The zero-order chi connectivity index (χ0) is 13.7. The summed E-state index contributed by atoms with van der Waals surface area (Å²) in [5.74, 6) is -1.15. The fourth-order valence-corrected chi connectivity index (χ4v) is 1.40. The van der Waals surface area contributed by atoms with E-state index in [4.69, 9.17) is 10.4 Å². The highest BCUT2D eigenvalue weighted by Crippen LogP contribution is 2.27. The molecule has 7 heteroatoms. The summed E-state index contributed by atoms with van der Waals surface area (Å²) < 4.78 is 32.8. The van der Waals surface area contributed by atoms with Crippen molar-refractivity contribution in [3.8, 4) is 11.8 Å². The van der Waals surface area contributed by atoms with E-state index >= 15 is 0 Å². The fourth-order valence-electron chi connectivity index (χ4n) is 1.40. The number of halogens is 2. The summed E-state index contributed by atoms with van der Waals surface area (Å²) >= 11 is 0. The molecule has 0 aliphatic carbocycles. The first-order valence-electron chi connectivity index (χ1n) is 4.75. The van der Waals surface area contributed by atoms with Crippen LogP contribution in [0.5, 0.6) is 5.75 Å². The minimum Gasteiger partial charge on any atom is -0.465 e. The summed E-state index contributed by atoms with van der Waals surface area (Å²) in [5, 5.41) is 18.0. The van der Waals surface area contributed by atoms with Gasteiger partial charge >= 0.3 is 12.6 Å². The summed E-state index contributed by atoms with van der Waals surface area (Å²) in [4.78, 5) is 11.4. The summed E-state index contributed by atoms with van der Waals surface area (Å²) in [6, 6.07) is 3.86. The number of carbonyl (C=O) groups is 1. The summed E-state index contributed by atoms with van der Waals surface area (Å²) in [5.41, 5.74) is -0.547. The molecule has 0 fully saturated rings. The van der Waals surface area contributed by atoms with Crippen molar-refractivity contribution in [3.05, 3.63) is 28.8 Å². The number of methoxy groups -OCH3 is 1. The molecule has 0 amide bonds. The molecule has 5 nitrogen and oxygen atoms in total. The van der Waals surface area contributed by atoms with Crippen LogP contribution >= 0.6 is 0 Å². The van der Waals surface area contributed by atoms with E-state index in [1.54, 1.807) is 6.07 Å². The van der Waals surface area contributed by atoms with E-state index in [1.807, 2.05) is 0 Å². The Morgan fingerprint density at radius 2 is 2.22 bits per heavy atom. The normalized spacial score (nSPS) is 10.0. The first-order chi connectivity index (χ1) is 8.54. The molecule has 18 heavy (non-hydrogen) atoms. The third-order valence-corrected chi connectivity index (χ3v) is 2.16. The van der Waals surface area contributed by atoms with E-state index < -0.39 is 19.2 Å². The highest BCUT2D eigenvalue weighted by Gasteiger charge is 2.20. The van der Waals surface area contributed by atoms with Crippen LogP contribution < -0.4 is 4.74 Å². The number of nitrogens with zero attached hydrogens (tertiary/aromatic N) is 1. The number of aliphatic hydroxyl groups is 1. The number of alkyl halides is 2. The van der Waals surface area contributed by atoms with Gasteiger partial charge in [0.1, 0.15) is 11.8 Å². The average molecular weight is 257 g/mol. The van der Waals surface area contributed by atoms with Gasteiger partial charge in [-0.2, -0.15) is 14.0 Å². The standard InChI is InChI=1S/C11H9F2NO4/c1-17-10(16)6-2-3-9(18-11(12)13)8(5-15)7(6)4-14/h2-3,11,15H,5H2,1H3. The van der Waals surface area contributed by atoms with E-state index in [2.05, 4.69) is 9.47 Å². The van der Waals surface area contributed by atoms with Gasteiger partial charge in [-0.3, -0.25) is 0 Å². The Morgan fingerprint density at radius 1 is 1.56 bits per heavy atom. The molecule has 1 rings (SSSR count). The number of carbonyl (C=O) groups excluding carboxylic acids is 1. The molecular formula is C11H9F2NO4. The second kappa shape index (κ2) is 5.93. The molecule has 96 valence electrons. The van der Waals surface area contributed by atoms with Crippen LogP contribution in [0.3, 0.4) is 0 Å². The molecule has 0 aliphatic heterocycles. The third kappa shape index (κ3) is 2.73. The summed E-state index contributed by atoms with van der Waals surface area (Å²) in [6.07, 6.45) is 0. The zero-order valence-electron chi connectivity index (χ0n) is 9.31. The predicted octanol–water partition coefficient (Wildman–Crippen LogP) is 1.44. The van der Waals surface area contributed by atoms with Crippen molar-refractivity contribution >= 4 is 5.97 Å². The highest BCUT2D eigenvalue weighted by atomic mass is 19.3. The van der Waals surface area contributed by atoms with Crippen molar-refractivity contribution in [2.45, 2.75) is 13.2 Å². The van der Waals surface area contributed by atoms with Gasteiger partial charge in [-0.1, -0.05) is 0 Å². The van der Waals surface area contributed by atoms with Gasteiger partial charge in [0.05, 0.1) is 24.8 Å². The van der Waals surface area contributed by atoms with E-state index in [0.29, 0.717) is 0 Å². The quantitative estimate of drug-likeness (QED) is 0.825. The molecule has 0 spiro atoms. The third-order valence-electron chi connectivity index (χ3n) is 2.16. The number of nitriles is 1. The average Bonchev–Trinajstić information content (AvgIpc) is 2.36. The molecule has 1 aromatic rings. The van der Waals surface area contributed by atoms with Gasteiger partial charge in [-0.05, 0) is 12.1 Å². The second-order valence-corrected chi connectivity index (χ2v) is 3.10. The largest absolute Gasteiger partial charge is 0.465 e. The maximum Gasteiger partial charge on any atom is 0.387 e. The summed E-state index contributed by atoms with van der Waals surface area (Å²) in [7, 11) is 1.12. The SMILES string of the molecule is COC(=O)c1ccc(OC(F)F)c(CO)c1C#N. The maximum atomic E-state index is 12.1. The van der Waals surface area contributed by atoms with E-state index in [0.717, 1.165) is 19.2 Å². The maximum absolute atomic E-state index is 12.1. The number of hydrogen-bond acceptors (Lipinski definition) is 5. The Balaban J connectivity index is 3.37. The summed E-state index contributed by atoms with van der Waals surface area (Å²) in [6.45, 7) is -3.80. The lowest BCUT2D eigenvalue weighted by Gasteiger charge is -2.12. The van der Waals surface area contributed by atoms with Gasteiger partial charge in [0.2, 0.25) is 0 Å². The van der Waals surface area contributed by atoms with Gasteiger partial charge in [0.15, 0.2) is 0 Å². The van der Waals surface area contributed by atoms with Gasteiger partial charge in [0.25, 0.3) is 0 Å². The molecular weight excluding hydrogens is 248 g/mol. The van der Waals surface area contributed by atoms with Crippen LogP contribution in [0.4, 0.5) is 8.78 Å². The van der Waals surface area contributed by atoms with Crippen LogP contribution in [-0.2, 0) is 11.3 Å². The van der Waals surface area contributed by atoms with Gasteiger partial charge in [-0.25, -0.2) is 4.79 Å². The predicted molar refractivity (Wildman–Crippen MR) is 55.1 cm³/mol. The smallest absolute Gasteiger partial charge is 0.387 e. The van der Waals surface area contributed by atoms with Crippen LogP contribution in [0.15, 0.2) is 12.1 Å². The van der Waals surface area contributed by atoms with Crippen molar-refractivity contribution in [1.29, 1.82) is 5.26 Å². The lowest BCUT2D eigenvalue weighted by Crippen LogP contribution is -2.10. The van der Waals surface area contributed by atoms with Crippen LogP contribution in [0.1, 0.15) is 21.5 Å². The van der Waals surface area contributed by atoms with Gasteiger partial charge in [-0.15, -0.1) is 0 Å². The molecule has 0 bridgehead atoms. The Hall–Kier alpha value is -2.20. The molecule has 0 saturated heterocycles. The molecule has 0 aliphatic rings. The monoisotopic (exact) mass is 257 g/mol. The second-order valence-electron chi connectivity index (χ2n) is 3.10. The van der Waals surface area contributed by atoms with Crippen LogP contribution in [-0.4, -0.2) is 24.8 Å². The van der Waals surface area contributed by atoms with Crippen LogP contribution in [0.2, 0.25) is 0 Å². The Bertz CT molecular complexity index is 497. The lowest BCUT2D eigenvalue weighted by molar-refractivity contribution is -0.0509. The number of aliphatic hydroxyl groups excluding tert-OH is 1. The van der Waals surface area contributed by atoms with E-state index in [-0.39, 0.29) is 22.4 Å². The van der Waals surface area contributed by atoms with Crippen molar-refractivity contribution in [2.24, 2.45) is 0 Å². The molecule has 0 aromatic heterocycles. The topological polar surface area (TPSA) is 79.6 Å². The molecule has 1 N–H and O–H groups in total. The molecule has 0 unspecified atom stereocenters. The fraction of sp³-hybridized carbons (Fsp3) is 0.273. The molecule has 0 atom stereocenters.